The summed E-state index contributed by atoms with van der Waals surface area (Å²) in [5.74, 6) is 1.29. The van der Waals surface area contributed by atoms with Crippen molar-refractivity contribution in [2.45, 2.75) is 66.2 Å². The van der Waals surface area contributed by atoms with Gasteiger partial charge in [-0.15, -0.1) is 0 Å². The minimum Gasteiger partial charge on any atom is -0.465 e. The van der Waals surface area contributed by atoms with E-state index in [1.165, 1.54) is 12.8 Å². The fraction of sp³-hybridized carbons (Fsp3) is 0.938. The third kappa shape index (κ3) is 9.94. The summed E-state index contributed by atoms with van der Waals surface area (Å²) in [4.78, 5) is 11.8. The Kier molecular flexibility index (Phi) is 10.9. The smallest absolute Gasteiger partial charge is 0.306 e. The van der Waals surface area contributed by atoms with Crippen LogP contribution in [0.25, 0.3) is 0 Å². The van der Waals surface area contributed by atoms with E-state index in [4.69, 9.17) is 10.5 Å². The van der Waals surface area contributed by atoms with Crippen LogP contribution in [0.5, 0.6) is 0 Å². The van der Waals surface area contributed by atoms with Crippen LogP contribution in [0.15, 0.2) is 0 Å². The lowest BCUT2D eigenvalue weighted by molar-refractivity contribution is -0.146. The van der Waals surface area contributed by atoms with Crippen LogP contribution >= 0.6 is 0 Å². The van der Waals surface area contributed by atoms with E-state index < -0.39 is 0 Å². The topological polar surface area (TPSA) is 52.3 Å². The highest BCUT2D eigenvalue weighted by atomic mass is 16.5. The first kappa shape index (κ1) is 18.4. The number of esters is 1. The van der Waals surface area contributed by atoms with Crippen molar-refractivity contribution in [3.05, 3.63) is 0 Å². The molecular weight excluding hydrogens is 238 g/mol. The molecule has 0 aliphatic rings. The van der Waals surface area contributed by atoms with Gasteiger partial charge < -0.3 is 10.5 Å². The lowest BCUT2D eigenvalue weighted by Crippen LogP contribution is -2.22. The second-order valence-electron chi connectivity index (χ2n) is 6.03. The van der Waals surface area contributed by atoms with Crippen molar-refractivity contribution in [3.8, 4) is 0 Å². The summed E-state index contributed by atoms with van der Waals surface area (Å²) in [6.45, 7) is 9.82. The highest BCUT2D eigenvalue weighted by Crippen LogP contribution is 2.17. The Morgan fingerprint density at radius 1 is 1.21 bits per heavy atom. The molecule has 2 N–H and O–H groups in total. The maximum atomic E-state index is 11.8. The van der Waals surface area contributed by atoms with Crippen molar-refractivity contribution in [1.82, 2.24) is 0 Å². The molecule has 0 heterocycles. The molecule has 3 heteroatoms. The van der Waals surface area contributed by atoms with Gasteiger partial charge in [0.05, 0.1) is 6.61 Å². The molecule has 0 saturated heterocycles. The Labute approximate surface area is 119 Å². The Morgan fingerprint density at radius 2 is 1.89 bits per heavy atom. The van der Waals surface area contributed by atoms with Crippen molar-refractivity contribution in [1.29, 1.82) is 0 Å². The average Bonchev–Trinajstić information content (AvgIpc) is 2.37. The van der Waals surface area contributed by atoms with Crippen molar-refractivity contribution in [2.75, 3.05) is 13.2 Å². The van der Waals surface area contributed by atoms with Gasteiger partial charge in [0.25, 0.3) is 0 Å². The molecule has 0 amide bonds. The lowest BCUT2D eigenvalue weighted by atomic mass is 9.94. The Balaban J connectivity index is 3.94. The van der Waals surface area contributed by atoms with Gasteiger partial charge in [-0.05, 0) is 37.1 Å². The van der Waals surface area contributed by atoms with E-state index in [2.05, 4.69) is 27.7 Å². The number of unbranched alkanes of at least 4 members (excludes halogenated alkanes) is 1. The molecule has 3 nitrogen and oxygen atoms in total. The Bertz CT molecular complexity index is 229. The predicted octanol–water partition coefficient (Wildman–Crippen LogP) is 3.76. The highest BCUT2D eigenvalue weighted by molar-refractivity contribution is 5.69. The summed E-state index contributed by atoms with van der Waals surface area (Å²) in [5.41, 5.74) is 5.71. The van der Waals surface area contributed by atoms with Gasteiger partial charge in [-0.2, -0.15) is 0 Å². The maximum absolute atomic E-state index is 11.8. The highest BCUT2D eigenvalue weighted by Gasteiger charge is 2.16. The van der Waals surface area contributed by atoms with Crippen LogP contribution in [0.3, 0.4) is 0 Å². The fourth-order valence-corrected chi connectivity index (χ4v) is 2.33. The monoisotopic (exact) mass is 271 g/mol. The molecule has 2 atom stereocenters. The quantitative estimate of drug-likeness (QED) is 0.582. The SMILES string of the molecule is CCCCC(CC)COC(=O)C[C@@H](CN)CC(C)C. The van der Waals surface area contributed by atoms with Gasteiger partial charge >= 0.3 is 5.97 Å². The number of hydrogen-bond donors (Lipinski definition) is 1. The van der Waals surface area contributed by atoms with Crippen LogP contribution in [0.2, 0.25) is 0 Å². The summed E-state index contributed by atoms with van der Waals surface area (Å²) in [7, 11) is 0. The third-order valence-corrected chi connectivity index (χ3v) is 3.62. The molecule has 0 aromatic rings. The van der Waals surface area contributed by atoms with Gasteiger partial charge in [0.1, 0.15) is 0 Å². The number of carbonyl (C=O) groups excluding carboxylic acids is 1. The lowest BCUT2D eigenvalue weighted by Gasteiger charge is -2.18. The number of carbonyl (C=O) groups is 1. The van der Waals surface area contributed by atoms with Gasteiger partial charge in [-0.25, -0.2) is 0 Å². The molecule has 0 aromatic heterocycles. The zero-order valence-electron chi connectivity index (χ0n) is 13.3. The number of nitrogens with two attached hydrogens (primary N) is 1. The second-order valence-corrected chi connectivity index (χ2v) is 6.03. The molecule has 19 heavy (non-hydrogen) atoms. The van der Waals surface area contributed by atoms with E-state index in [1.54, 1.807) is 0 Å². The Hall–Kier alpha value is -0.570. The molecular formula is C16H33NO2. The number of hydrogen-bond acceptors (Lipinski definition) is 3. The minimum absolute atomic E-state index is 0.0777. The van der Waals surface area contributed by atoms with Gasteiger partial charge in [0.2, 0.25) is 0 Å². The fourth-order valence-electron chi connectivity index (χ4n) is 2.33. The first-order valence-corrected chi connectivity index (χ1v) is 7.89. The maximum Gasteiger partial charge on any atom is 0.306 e. The summed E-state index contributed by atoms with van der Waals surface area (Å²) < 4.78 is 5.41. The van der Waals surface area contributed by atoms with E-state index in [0.29, 0.717) is 31.4 Å². The Morgan fingerprint density at radius 3 is 2.37 bits per heavy atom. The molecule has 0 aliphatic heterocycles. The molecule has 0 aromatic carbocycles. The third-order valence-electron chi connectivity index (χ3n) is 3.62. The van der Waals surface area contributed by atoms with Gasteiger partial charge in [0.15, 0.2) is 0 Å². The van der Waals surface area contributed by atoms with E-state index in [9.17, 15) is 4.79 Å². The molecule has 0 spiro atoms. The molecule has 1 unspecified atom stereocenters. The van der Waals surface area contributed by atoms with Crippen LogP contribution in [0, 0.1) is 17.8 Å². The van der Waals surface area contributed by atoms with Crippen LogP contribution in [0.4, 0.5) is 0 Å². The summed E-state index contributed by atoms with van der Waals surface area (Å²) in [6.07, 6.45) is 6.13. The van der Waals surface area contributed by atoms with Gasteiger partial charge in [-0.3, -0.25) is 4.79 Å². The van der Waals surface area contributed by atoms with Crippen molar-refractivity contribution >= 4 is 5.97 Å². The zero-order chi connectivity index (χ0) is 14.7. The normalized spacial score (nSPS) is 14.4. The van der Waals surface area contributed by atoms with Crippen molar-refractivity contribution in [2.24, 2.45) is 23.5 Å². The van der Waals surface area contributed by atoms with Gasteiger partial charge in [0, 0.05) is 6.42 Å². The van der Waals surface area contributed by atoms with E-state index in [0.717, 1.165) is 19.3 Å². The summed E-state index contributed by atoms with van der Waals surface area (Å²) in [5, 5.41) is 0. The average molecular weight is 271 g/mol. The molecule has 0 rings (SSSR count). The first-order valence-electron chi connectivity index (χ1n) is 7.89. The molecule has 0 fully saturated rings. The predicted molar refractivity (Wildman–Crippen MR) is 80.9 cm³/mol. The number of rotatable bonds is 11. The van der Waals surface area contributed by atoms with Crippen molar-refractivity contribution < 1.29 is 9.53 Å². The van der Waals surface area contributed by atoms with Crippen molar-refractivity contribution in [3.63, 3.8) is 0 Å². The van der Waals surface area contributed by atoms with Crippen LogP contribution in [0.1, 0.15) is 66.2 Å². The summed E-state index contributed by atoms with van der Waals surface area (Å²) >= 11 is 0. The van der Waals surface area contributed by atoms with E-state index in [-0.39, 0.29) is 11.9 Å². The summed E-state index contributed by atoms with van der Waals surface area (Å²) in [6, 6.07) is 0. The second kappa shape index (κ2) is 11.3. The van der Waals surface area contributed by atoms with Crippen LogP contribution in [-0.4, -0.2) is 19.1 Å². The van der Waals surface area contributed by atoms with Gasteiger partial charge in [-0.1, -0.05) is 47.0 Å². The molecule has 114 valence electrons. The van der Waals surface area contributed by atoms with Crippen LogP contribution < -0.4 is 5.73 Å². The van der Waals surface area contributed by atoms with E-state index >= 15 is 0 Å². The largest absolute Gasteiger partial charge is 0.465 e. The molecule has 0 bridgehead atoms. The first-order chi connectivity index (χ1) is 9.03. The molecule has 0 radical (unpaired) electrons. The molecule has 0 saturated carbocycles. The van der Waals surface area contributed by atoms with Crippen LogP contribution in [-0.2, 0) is 9.53 Å². The minimum atomic E-state index is -0.0777. The standard InChI is InChI=1S/C16H33NO2/c1-5-7-8-14(6-2)12-19-16(18)10-15(11-17)9-13(3)4/h13-15H,5-12,17H2,1-4H3/t14?,15-/m0/s1. The molecule has 0 aliphatic carbocycles. The number of ether oxygens (including phenoxy) is 1. The van der Waals surface area contributed by atoms with E-state index in [1.807, 2.05) is 0 Å². The zero-order valence-corrected chi connectivity index (χ0v) is 13.3.